The number of hydrogen-bond donors (Lipinski definition) is 3. The fraction of sp³-hybridized carbons (Fsp3) is 0.381. The van der Waals surface area contributed by atoms with Gasteiger partial charge in [0.05, 0.1) is 0 Å². The van der Waals surface area contributed by atoms with Crippen LogP contribution in [0.15, 0.2) is 48.5 Å². The van der Waals surface area contributed by atoms with E-state index in [-0.39, 0.29) is 11.9 Å². The van der Waals surface area contributed by atoms with Crippen LogP contribution in [0.5, 0.6) is 0 Å². The van der Waals surface area contributed by atoms with Crippen LogP contribution in [0.1, 0.15) is 49.4 Å². The number of hydrogen-bond acceptors (Lipinski definition) is 3. The van der Waals surface area contributed by atoms with Gasteiger partial charge in [-0.15, -0.1) is 0 Å². The Bertz CT molecular complexity index is 759. The van der Waals surface area contributed by atoms with Crippen molar-refractivity contribution >= 4 is 11.6 Å². The van der Waals surface area contributed by atoms with Gasteiger partial charge in [-0.3, -0.25) is 4.79 Å². The molecule has 2 aromatic carbocycles. The molecule has 3 N–H and O–H groups in total. The summed E-state index contributed by atoms with van der Waals surface area (Å²) < 4.78 is 0. The van der Waals surface area contributed by atoms with E-state index in [4.69, 9.17) is 0 Å². The molecule has 0 fully saturated rings. The Morgan fingerprint density at radius 3 is 2.84 bits per heavy atom. The van der Waals surface area contributed by atoms with E-state index in [1.807, 2.05) is 42.5 Å². The minimum atomic E-state index is -0.821. The summed E-state index contributed by atoms with van der Waals surface area (Å²) in [5.74, 6) is -0.0779. The van der Waals surface area contributed by atoms with Gasteiger partial charge in [0, 0.05) is 25.2 Å². The first-order valence-electron chi connectivity index (χ1n) is 8.90. The summed E-state index contributed by atoms with van der Waals surface area (Å²) in [6.45, 7) is 4.09. The van der Waals surface area contributed by atoms with E-state index in [1.165, 1.54) is 12.5 Å². The highest BCUT2D eigenvalue weighted by Gasteiger charge is 2.34. The lowest BCUT2D eigenvalue weighted by molar-refractivity contribution is -0.114. The van der Waals surface area contributed by atoms with Crippen molar-refractivity contribution in [1.29, 1.82) is 0 Å². The number of aryl methyl sites for hydroxylation is 1. The summed E-state index contributed by atoms with van der Waals surface area (Å²) in [5.41, 5.74) is 3.35. The van der Waals surface area contributed by atoms with Gasteiger partial charge in [-0.25, -0.2) is 0 Å². The molecule has 0 aromatic heterocycles. The Labute approximate surface area is 149 Å². The topological polar surface area (TPSA) is 61.4 Å². The molecule has 25 heavy (non-hydrogen) atoms. The summed E-state index contributed by atoms with van der Waals surface area (Å²) >= 11 is 0. The Kier molecular flexibility index (Phi) is 5.21. The number of carbonyl (C=O) groups is 1. The second-order valence-corrected chi connectivity index (χ2v) is 6.95. The molecule has 0 unspecified atom stereocenters. The van der Waals surface area contributed by atoms with Gasteiger partial charge >= 0.3 is 0 Å². The zero-order chi connectivity index (χ0) is 17.9. The van der Waals surface area contributed by atoms with E-state index in [9.17, 15) is 9.90 Å². The Morgan fingerprint density at radius 1 is 1.24 bits per heavy atom. The Hall–Kier alpha value is -2.17. The maximum absolute atomic E-state index is 11.2. The molecule has 0 radical (unpaired) electrons. The molecule has 1 aliphatic rings. The number of benzene rings is 2. The lowest BCUT2D eigenvalue weighted by atomic mass is 9.79. The molecular formula is C21H26N2O2. The van der Waals surface area contributed by atoms with Gasteiger partial charge in [0.25, 0.3) is 0 Å². The average molecular weight is 338 g/mol. The molecule has 0 bridgehead atoms. The van der Waals surface area contributed by atoms with E-state index >= 15 is 0 Å². The number of nitrogens with one attached hydrogen (secondary N) is 2. The first-order chi connectivity index (χ1) is 12.0. The Balaban J connectivity index is 1.70. The summed E-state index contributed by atoms with van der Waals surface area (Å²) in [7, 11) is 0. The van der Waals surface area contributed by atoms with Crippen LogP contribution >= 0.6 is 0 Å². The summed E-state index contributed by atoms with van der Waals surface area (Å²) in [5, 5.41) is 17.5. The molecule has 0 saturated carbocycles. The van der Waals surface area contributed by atoms with E-state index < -0.39 is 5.60 Å². The van der Waals surface area contributed by atoms with Crippen molar-refractivity contribution in [3.8, 4) is 0 Å². The minimum absolute atomic E-state index is 0.0758. The molecule has 2 atom stereocenters. The van der Waals surface area contributed by atoms with Crippen LogP contribution < -0.4 is 10.6 Å². The van der Waals surface area contributed by atoms with Gasteiger partial charge in [-0.05, 0) is 55.0 Å². The lowest BCUT2D eigenvalue weighted by Crippen LogP contribution is -2.41. The van der Waals surface area contributed by atoms with Crippen molar-refractivity contribution < 1.29 is 9.90 Å². The lowest BCUT2D eigenvalue weighted by Gasteiger charge is -2.35. The second-order valence-electron chi connectivity index (χ2n) is 6.95. The van der Waals surface area contributed by atoms with Gasteiger partial charge < -0.3 is 15.7 Å². The van der Waals surface area contributed by atoms with Crippen LogP contribution in [0.4, 0.5) is 5.69 Å². The number of fused-ring (bicyclic) bond motifs is 1. The largest absolute Gasteiger partial charge is 0.384 e. The van der Waals surface area contributed by atoms with Gasteiger partial charge in [-0.2, -0.15) is 0 Å². The molecule has 2 aromatic rings. The summed E-state index contributed by atoms with van der Waals surface area (Å²) in [6.07, 6.45) is 2.81. The number of carbonyl (C=O) groups excluding carboxylic acids is 1. The maximum atomic E-state index is 11.2. The third-order valence-electron chi connectivity index (χ3n) is 4.96. The third-order valence-corrected chi connectivity index (χ3v) is 4.96. The molecule has 1 aliphatic carbocycles. The molecule has 4 heteroatoms. The monoisotopic (exact) mass is 338 g/mol. The van der Waals surface area contributed by atoms with Crippen molar-refractivity contribution in [2.45, 2.75) is 44.8 Å². The minimum Gasteiger partial charge on any atom is -0.384 e. The van der Waals surface area contributed by atoms with E-state index in [0.717, 1.165) is 36.1 Å². The van der Waals surface area contributed by atoms with Crippen molar-refractivity contribution in [3.63, 3.8) is 0 Å². The molecule has 1 amide bonds. The molecule has 3 rings (SSSR count). The first-order valence-corrected chi connectivity index (χ1v) is 8.90. The highest BCUT2D eigenvalue weighted by Crippen LogP contribution is 2.35. The number of anilines is 1. The molecule has 0 spiro atoms. The predicted octanol–water partition coefficient (Wildman–Crippen LogP) is 3.52. The van der Waals surface area contributed by atoms with E-state index in [1.54, 1.807) is 0 Å². The van der Waals surface area contributed by atoms with E-state index in [0.29, 0.717) is 6.54 Å². The quantitative estimate of drug-likeness (QED) is 0.782. The van der Waals surface area contributed by atoms with E-state index in [2.05, 4.69) is 23.6 Å². The van der Waals surface area contributed by atoms with Gasteiger partial charge in [0.2, 0.25) is 5.91 Å². The van der Waals surface area contributed by atoms with Crippen LogP contribution in [0, 0.1) is 0 Å². The molecule has 0 saturated heterocycles. The van der Waals surface area contributed by atoms with Gasteiger partial charge in [-0.1, -0.05) is 36.4 Å². The molecule has 132 valence electrons. The highest BCUT2D eigenvalue weighted by molar-refractivity contribution is 5.88. The van der Waals surface area contributed by atoms with Crippen LogP contribution in [0.2, 0.25) is 0 Å². The van der Waals surface area contributed by atoms with Crippen molar-refractivity contribution in [2.24, 2.45) is 0 Å². The summed E-state index contributed by atoms with van der Waals surface area (Å²) in [4.78, 5) is 11.2. The zero-order valence-electron chi connectivity index (χ0n) is 14.9. The predicted molar refractivity (Wildman–Crippen MR) is 100 cm³/mol. The maximum Gasteiger partial charge on any atom is 0.221 e. The SMILES string of the molecule is CC(=O)Nc1cccc([C@@H](C)NC[C@@]2(O)CCCc3ccccc32)c1. The second kappa shape index (κ2) is 7.38. The zero-order valence-corrected chi connectivity index (χ0v) is 14.9. The highest BCUT2D eigenvalue weighted by atomic mass is 16.3. The standard InChI is InChI=1S/C21H26N2O2/c1-15(18-8-5-10-19(13-18)23-16(2)24)22-14-21(25)12-6-9-17-7-3-4-11-20(17)21/h3-5,7-8,10-11,13,15,22,25H,6,9,12,14H2,1-2H3,(H,23,24)/t15-,21+/m1/s1. The third kappa shape index (κ3) is 4.09. The van der Waals surface area contributed by atoms with Crippen molar-refractivity contribution in [1.82, 2.24) is 5.32 Å². The normalized spacial score (nSPS) is 20.6. The Morgan fingerprint density at radius 2 is 2.04 bits per heavy atom. The molecule has 4 nitrogen and oxygen atoms in total. The first kappa shape index (κ1) is 17.6. The van der Waals surface area contributed by atoms with Gasteiger partial charge in [0.1, 0.15) is 5.60 Å². The van der Waals surface area contributed by atoms with Crippen LogP contribution in [0.25, 0.3) is 0 Å². The van der Waals surface area contributed by atoms with Crippen molar-refractivity contribution in [2.75, 3.05) is 11.9 Å². The average Bonchev–Trinajstić information content (AvgIpc) is 2.60. The number of amides is 1. The summed E-state index contributed by atoms with van der Waals surface area (Å²) in [6, 6.07) is 16.1. The molecular weight excluding hydrogens is 312 g/mol. The molecule has 0 heterocycles. The van der Waals surface area contributed by atoms with Crippen LogP contribution in [-0.2, 0) is 16.8 Å². The fourth-order valence-electron chi connectivity index (χ4n) is 3.61. The van der Waals surface area contributed by atoms with Gasteiger partial charge in [0.15, 0.2) is 0 Å². The van der Waals surface area contributed by atoms with Crippen LogP contribution in [0.3, 0.4) is 0 Å². The van der Waals surface area contributed by atoms with Crippen molar-refractivity contribution in [3.05, 3.63) is 65.2 Å². The fourth-order valence-corrected chi connectivity index (χ4v) is 3.61. The number of aliphatic hydroxyl groups is 1. The smallest absolute Gasteiger partial charge is 0.221 e. The van der Waals surface area contributed by atoms with Crippen LogP contribution in [-0.4, -0.2) is 17.6 Å². The molecule has 0 aliphatic heterocycles. The number of rotatable bonds is 5.